The van der Waals surface area contributed by atoms with E-state index in [1.807, 2.05) is 4.68 Å². The van der Waals surface area contributed by atoms with Gasteiger partial charge in [-0.2, -0.15) is 5.10 Å². The van der Waals surface area contributed by atoms with Gasteiger partial charge in [-0.15, -0.1) is 0 Å². The first kappa shape index (κ1) is 15.4. The van der Waals surface area contributed by atoms with Crippen molar-refractivity contribution in [3.8, 4) is 0 Å². The number of ether oxygens (including phenoxy) is 1. The highest BCUT2D eigenvalue weighted by Crippen LogP contribution is 2.12. The number of hydrogen-bond donors (Lipinski definition) is 1. The molecule has 0 aromatic carbocycles. The molecule has 0 spiro atoms. The van der Waals surface area contributed by atoms with Crippen molar-refractivity contribution in [3.05, 3.63) is 12.2 Å². The third-order valence-corrected chi connectivity index (χ3v) is 3.94. The van der Waals surface area contributed by atoms with Crippen LogP contribution in [0.2, 0.25) is 0 Å². The van der Waals surface area contributed by atoms with Crippen LogP contribution in [-0.2, 0) is 17.7 Å². The Bertz CT molecular complexity index is 395. The number of nitrogens with zero attached hydrogens (tertiary/aromatic N) is 4. The van der Waals surface area contributed by atoms with Crippen molar-refractivity contribution in [1.82, 2.24) is 25.0 Å². The molecule has 2 heterocycles. The van der Waals surface area contributed by atoms with Gasteiger partial charge in [-0.1, -0.05) is 13.8 Å². The summed E-state index contributed by atoms with van der Waals surface area (Å²) >= 11 is 0. The topological polar surface area (TPSA) is 55.2 Å². The first-order valence-electron chi connectivity index (χ1n) is 7.72. The molecule has 0 amide bonds. The molecule has 1 N–H and O–H groups in total. The van der Waals surface area contributed by atoms with Gasteiger partial charge >= 0.3 is 0 Å². The summed E-state index contributed by atoms with van der Waals surface area (Å²) in [6, 6.07) is 0.295. The SMILES string of the molecule is CCNC(Cc1ncnn1CC)C1CN(CC)CCO1. The summed E-state index contributed by atoms with van der Waals surface area (Å²) in [6.07, 6.45) is 2.73. The molecule has 2 atom stereocenters. The Kier molecular flexibility index (Phi) is 5.94. The van der Waals surface area contributed by atoms with E-state index in [9.17, 15) is 0 Å². The summed E-state index contributed by atoms with van der Waals surface area (Å²) < 4.78 is 7.95. The van der Waals surface area contributed by atoms with Crippen molar-refractivity contribution in [2.24, 2.45) is 0 Å². The van der Waals surface area contributed by atoms with Gasteiger partial charge in [-0.25, -0.2) is 4.98 Å². The van der Waals surface area contributed by atoms with Gasteiger partial charge in [0.15, 0.2) is 0 Å². The maximum Gasteiger partial charge on any atom is 0.138 e. The molecule has 6 heteroatoms. The maximum absolute atomic E-state index is 5.99. The van der Waals surface area contributed by atoms with Crippen molar-refractivity contribution in [2.45, 2.75) is 45.9 Å². The molecule has 0 saturated carbocycles. The molecular formula is C14H27N5O. The Labute approximate surface area is 121 Å². The van der Waals surface area contributed by atoms with Crippen molar-refractivity contribution >= 4 is 0 Å². The van der Waals surface area contributed by atoms with Crippen LogP contribution in [0.4, 0.5) is 0 Å². The van der Waals surface area contributed by atoms with Crippen LogP contribution in [0, 0.1) is 0 Å². The van der Waals surface area contributed by atoms with Crippen molar-refractivity contribution in [1.29, 1.82) is 0 Å². The second-order valence-electron chi connectivity index (χ2n) is 5.16. The van der Waals surface area contributed by atoms with Crippen LogP contribution in [0.3, 0.4) is 0 Å². The van der Waals surface area contributed by atoms with E-state index in [-0.39, 0.29) is 6.10 Å². The largest absolute Gasteiger partial charge is 0.374 e. The zero-order chi connectivity index (χ0) is 14.4. The smallest absolute Gasteiger partial charge is 0.138 e. The van der Waals surface area contributed by atoms with Crippen LogP contribution in [0.1, 0.15) is 26.6 Å². The van der Waals surface area contributed by atoms with E-state index in [0.29, 0.717) is 6.04 Å². The minimum Gasteiger partial charge on any atom is -0.374 e. The van der Waals surface area contributed by atoms with E-state index < -0.39 is 0 Å². The Morgan fingerprint density at radius 3 is 2.95 bits per heavy atom. The van der Waals surface area contributed by atoms with Crippen molar-refractivity contribution in [2.75, 3.05) is 32.8 Å². The lowest BCUT2D eigenvalue weighted by Crippen LogP contribution is -2.53. The fourth-order valence-corrected chi connectivity index (χ4v) is 2.77. The second-order valence-corrected chi connectivity index (χ2v) is 5.16. The molecule has 1 saturated heterocycles. The fraction of sp³-hybridized carbons (Fsp3) is 0.857. The quantitative estimate of drug-likeness (QED) is 0.790. The Morgan fingerprint density at radius 2 is 2.25 bits per heavy atom. The van der Waals surface area contributed by atoms with E-state index in [1.165, 1.54) is 0 Å². The number of hydrogen-bond acceptors (Lipinski definition) is 5. The van der Waals surface area contributed by atoms with Gasteiger partial charge in [-0.3, -0.25) is 9.58 Å². The van der Waals surface area contributed by atoms with Crippen LogP contribution < -0.4 is 5.32 Å². The van der Waals surface area contributed by atoms with Crippen LogP contribution in [0.15, 0.2) is 6.33 Å². The van der Waals surface area contributed by atoms with Crippen molar-refractivity contribution in [3.63, 3.8) is 0 Å². The van der Waals surface area contributed by atoms with Gasteiger partial charge < -0.3 is 10.1 Å². The van der Waals surface area contributed by atoms with E-state index in [0.717, 1.165) is 51.6 Å². The fourth-order valence-electron chi connectivity index (χ4n) is 2.77. The molecule has 2 rings (SSSR count). The Balaban J connectivity index is 2.02. The molecular weight excluding hydrogens is 254 g/mol. The summed E-state index contributed by atoms with van der Waals surface area (Å²) in [5.41, 5.74) is 0. The number of morpholine rings is 1. The molecule has 2 unspecified atom stereocenters. The highest BCUT2D eigenvalue weighted by Gasteiger charge is 2.28. The third-order valence-electron chi connectivity index (χ3n) is 3.94. The summed E-state index contributed by atoms with van der Waals surface area (Å²) in [5, 5.41) is 7.80. The predicted octanol–water partition coefficient (Wildman–Crippen LogP) is 0.539. The van der Waals surface area contributed by atoms with E-state index in [4.69, 9.17) is 4.74 Å². The highest BCUT2D eigenvalue weighted by atomic mass is 16.5. The van der Waals surface area contributed by atoms with E-state index in [1.54, 1.807) is 6.33 Å². The number of likely N-dealkylation sites (N-methyl/N-ethyl adjacent to an activating group) is 2. The number of rotatable bonds is 7. The van der Waals surface area contributed by atoms with Crippen LogP contribution >= 0.6 is 0 Å². The van der Waals surface area contributed by atoms with Gasteiger partial charge in [0.1, 0.15) is 12.2 Å². The predicted molar refractivity (Wildman–Crippen MR) is 78.7 cm³/mol. The molecule has 114 valence electrons. The molecule has 20 heavy (non-hydrogen) atoms. The molecule has 0 aliphatic carbocycles. The third kappa shape index (κ3) is 3.77. The van der Waals surface area contributed by atoms with Crippen molar-refractivity contribution < 1.29 is 4.74 Å². The maximum atomic E-state index is 5.99. The molecule has 1 aromatic heterocycles. The van der Waals surface area contributed by atoms with Gasteiger partial charge in [0, 0.05) is 32.1 Å². The van der Waals surface area contributed by atoms with Gasteiger partial charge in [0.25, 0.3) is 0 Å². The Hall–Kier alpha value is -0.980. The Morgan fingerprint density at radius 1 is 1.40 bits per heavy atom. The zero-order valence-electron chi connectivity index (χ0n) is 12.9. The highest BCUT2D eigenvalue weighted by molar-refractivity contribution is 4.94. The summed E-state index contributed by atoms with van der Waals surface area (Å²) in [5.74, 6) is 1.04. The molecule has 1 aromatic rings. The summed E-state index contributed by atoms with van der Waals surface area (Å²) in [7, 11) is 0. The lowest BCUT2D eigenvalue weighted by molar-refractivity contribution is -0.0449. The summed E-state index contributed by atoms with van der Waals surface area (Å²) in [6.45, 7) is 12.2. The molecule has 0 radical (unpaired) electrons. The summed E-state index contributed by atoms with van der Waals surface area (Å²) in [4.78, 5) is 6.83. The average Bonchev–Trinajstić information content (AvgIpc) is 2.94. The number of nitrogens with one attached hydrogen (secondary N) is 1. The van der Waals surface area contributed by atoms with E-state index in [2.05, 4.69) is 41.1 Å². The second kappa shape index (κ2) is 7.71. The standard InChI is InChI=1S/C14H27N5O/c1-4-15-12(9-14-16-11-17-19(14)6-3)13-10-18(5-2)7-8-20-13/h11-13,15H,4-10H2,1-3H3. The molecule has 6 nitrogen and oxygen atoms in total. The normalized spacial score (nSPS) is 22.1. The number of aryl methyl sites for hydroxylation is 1. The minimum atomic E-state index is 0.227. The molecule has 0 bridgehead atoms. The van der Waals surface area contributed by atoms with Crippen LogP contribution in [-0.4, -0.2) is 64.6 Å². The van der Waals surface area contributed by atoms with Crippen LogP contribution in [0.25, 0.3) is 0 Å². The zero-order valence-corrected chi connectivity index (χ0v) is 12.9. The molecule has 1 aliphatic heterocycles. The van der Waals surface area contributed by atoms with E-state index >= 15 is 0 Å². The van der Waals surface area contributed by atoms with Gasteiger partial charge in [-0.05, 0) is 20.0 Å². The average molecular weight is 281 g/mol. The first-order valence-corrected chi connectivity index (χ1v) is 7.72. The van der Waals surface area contributed by atoms with Gasteiger partial charge in [0.05, 0.1) is 12.7 Å². The first-order chi connectivity index (χ1) is 9.78. The van der Waals surface area contributed by atoms with Crippen LogP contribution in [0.5, 0.6) is 0 Å². The minimum absolute atomic E-state index is 0.227. The molecule has 1 aliphatic rings. The molecule has 1 fully saturated rings. The van der Waals surface area contributed by atoms with Gasteiger partial charge in [0.2, 0.25) is 0 Å². The lowest BCUT2D eigenvalue weighted by atomic mass is 10.0. The lowest BCUT2D eigenvalue weighted by Gasteiger charge is -2.36. The number of aromatic nitrogens is 3. The monoisotopic (exact) mass is 281 g/mol.